The Hall–Kier alpha value is -1.54. The molecule has 1 aliphatic heterocycles. The molecule has 0 spiro atoms. The highest BCUT2D eigenvalue weighted by Gasteiger charge is 2.22. The van der Waals surface area contributed by atoms with Crippen molar-refractivity contribution in [1.29, 1.82) is 0 Å². The summed E-state index contributed by atoms with van der Waals surface area (Å²) in [7, 11) is 0. The average molecular weight is 246 g/mol. The first kappa shape index (κ1) is 10.6. The van der Waals surface area contributed by atoms with E-state index in [2.05, 4.69) is 17.1 Å². The summed E-state index contributed by atoms with van der Waals surface area (Å²) in [6.07, 6.45) is 4.15. The summed E-state index contributed by atoms with van der Waals surface area (Å²) in [5, 5.41) is 1.58. The van der Waals surface area contributed by atoms with Crippen molar-refractivity contribution in [2.75, 3.05) is 0 Å². The van der Waals surface area contributed by atoms with Crippen LogP contribution in [-0.4, -0.2) is 10.6 Å². The lowest BCUT2D eigenvalue weighted by molar-refractivity contribution is 0.159. The molecule has 86 valence electrons. The lowest BCUT2D eigenvalue weighted by Crippen LogP contribution is -2.27. The van der Waals surface area contributed by atoms with Gasteiger partial charge in [-0.3, -0.25) is 0 Å². The highest BCUT2D eigenvalue weighted by molar-refractivity contribution is 6.29. The quantitative estimate of drug-likeness (QED) is 0.653. The van der Waals surface area contributed by atoms with E-state index in [-0.39, 0.29) is 5.60 Å². The van der Waals surface area contributed by atoms with Crippen LogP contribution in [0.25, 0.3) is 17.0 Å². The average Bonchev–Trinajstić information content (AvgIpc) is 2.27. The van der Waals surface area contributed by atoms with Crippen LogP contribution in [0, 0.1) is 0 Å². The van der Waals surface area contributed by atoms with Crippen LogP contribution in [0.1, 0.15) is 19.4 Å². The van der Waals surface area contributed by atoms with Gasteiger partial charge in [-0.2, -0.15) is 0 Å². The molecule has 0 bridgehead atoms. The molecule has 0 radical (unpaired) electrons. The fourth-order valence-electron chi connectivity index (χ4n) is 2.04. The van der Waals surface area contributed by atoms with Gasteiger partial charge in [-0.25, -0.2) is 4.98 Å². The number of benzene rings is 1. The number of ether oxygens (including phenoxy) is 1. The maximum atomic E-state index is 5.91. The van der Waals surface area contributed by atoms with Gasteiger partial charge in [-0.05, 0) is 44.2 Å². The molecule has 0 aliphatic carbocycles. The summed E-state index contributed by atoms with van der Waals surface area (Å²) in [5.41, 5.74) is 1.72. The van der Waals surface area contributed by atoms with Crippen molar-refractivity contribution in [3.8, 4) is 5.75 Å². The molecule has 1 aromatic heterocycles. The third-order valence-electron chi connectivity index (χ3n) is 2.86. The van der Waals surface area contributed by atoms with Crippen LogP contribution in [0.15, 0.2) is 30.3 Å². The maximum absolute atomic E-state index is 5.91. The molecule has 0 N–H and O–H groups in total. The fourth-order valence-corrected chi connectivity index (χ4v) is 2.20. The number of nitrogens with zero attached hydrogens (tertiary/aromatic N) is 1. The number of halogens is 1. The lowest BCUT2D eigenvalue weighted by Gasteiger charge is -2.28. The summed E-state index contributed by atoms with van der Waals surface area (Å²) >= 11 is 5.89. The monoisotopic (exact) mass is 245 g/mol. The normalized spacial score (nSPS) is 16.6. The Morgan fingerprint density at radius 3 is 2.82 bits per heavy atom. The number of hydrogen-bond acceptors (Lipinski definition) is 2. The molecule has 3 heteroatoms. The Kier molecular flexibility index (Phi) is 2.17. The summed E-state index contributed by atoms with van der Waals surface area (Å²) in [5.74, 6) is 0.897. The van der Waals surface area contributed by atoms with Crippen molar-refractivity contribution < 1.29 is 4.74 Å². The number of hydrogen-bond donors (Lipinski definition) is 0. The van der Waals surface area contributed by atoms with E-state index in [1.165, 1.54) is 0 Å². The summed E-state index contributed by atoms with van der Waals surface area (Å²) < 4.78 is 5.91. The molecule has 2 nitrogen and oxygen atoms in total. The summed E-state index contributed by atoms with van der Waals surface area (Å²) in [6.45, 7) is 4.08. The number of aromatic nitrogens is 1. The highest BCUT2D eigenvalue weighted by Crippen LogP contribution is 2.35. The molecule has 1 aliphatic rings. The van der Waals surface area contributed by atoms with Gasteiger partial charge in [0.05, 0.1) is 5.52 Å². The summed E-state index contributed by atoms with van der Waals surface area (Å²) in [4.78, 5) is 4.30. The number of fused-ring (bicyclic) bond motifs is 3. The standard InChI is InChI=1S/C14H12ClNO/c1-14(2)8-7-10-9-3-6-13(15)16-11(9)4-5-12(10)17-14/h3-8H,1-2H3. The Bertz CT molecular complexity index is 631. The minimum atomic E-state index is -0.249. The predicted molar refractivity (Wildman–Crippen MR) is 70.5 cm³/mol. The van der Waals surface area contributed by atoms with E-state index in [4.69, 9.17) is 16.3 Å². The minimum absolute atomic E-state index is 0.249. The zero-order valence-corrected chi connectivity index (χ0v) is 10.5. The zero-order valence-electron chi connectivity index (χ0n) is 9.70. The van der Waals surface area contributed by atoms with Gasteiger partial charge in [-0.1, -0.05) is 17.7 Å². The first-order chi connectivity index (χ1) is 8.05. The van der Waals surface area contributed by atoms with E-state index >= 15 is 0 Å². The first-order valence-corrected chi connectivity index (χ1v) is 5.90. The second-order valence-corrected chi connectivity index (χ2v) is 5.10. The molecule has 2 heterocycles. The third-order valence-corrected chi connectivity index (χ3v) is 3.07. The summed E-state index contributed by atoms with van der Waals surface area (Å²) in [6, 6.07) is 7.68. The van der Waals surface area contributed by atoms with E-state index in [0.717, 1.165) is 22.2 Å². The van der Waals surface area contributed by atoms with Crippen molar-refractivity contribution >= 4 is 28.6 Å². The molecule has 0 saturated heterocycles. The van der Waals surface area contributed by atoms with E-state index in [1.54, 1.807) is 6.07 Å². The SMILES string of the molecule is CC1(C)C=Cc2c(ccc3nc(Cl)ccc23)O1. The smallest absolute Gasteiger partial charge is 0.129 e. The second kappa shape index (κ2) is 3.47. The van der Waals surface area contributed by atoms with Gasteiger partial charge in [0, 0.05) is 10.9 Å². The Morgan fingerprint density at radius 2 is 2.00 bits per heavy atom. The Balaban J connectivity index is 2.28. The minimum Gasteiger partial charge on any atom is -0.483 e. The molecular formula is C14H12ClNO. The van der Waals surface area contributed by atoms with E-state index in [9.17, 15) is 0 Å². The van der Waals surface area contributed by atoms with Gasteiger partial charge in [0.1, 0.15) is 16.5 Å². The molecule has 17 heavy (non-hydrogen) atoms. The van der Waals surface area contributed by atoms with Crippen LogP contribution in [-0.2, 0) is 0 Å². The van der Waals surface area contributed by atoms with Crippen molar-refractivity contribution in [2.45, 2.75) is 19.4 Å². The number of pyridine rings is 1. The molecule has 2 aromatic rings. The first-order valence-electron chi connectivity index (χ1n) is 5.53. The van der Waals surface area contributed by atoms with Gasteiger partial charge < -0.3 is 4.74 Å². The lowest BCUT2D eigenvalue weighted by atomic mass is 9.99. The highest BCUT2D eigenvalue weighted by atomic mass is 35.5. The van der Waals surface area contributed by atoms with Gasteiger partial charge in [0.2, 0.25) is 0 Å². The van der Waals surface area contributed by atoms with Crippen LogP contribution in [0.2, 0.25) is 5.15 Å². The van der Waals surface area contributed by atoms with Crippen LogP contribution in [0.3, 0.4) is 0 Å². The van der Waals surface area contributed by atoms with Crippen LogP contribution in [0.4, 0.5) is 0 Å². The largest absolute Gasteiger partial charge is 0.483 e. The van der Waals surface area contributed by atoms with Gasteiger partial charge >= 0.3 is 0 Å². The van der Waals surface area contributed by atoms with Crippen molar-refractivity contribution in [2.24, 2.45) is 0 Å². The topological polar surface area (TPSA) is 22.1 Å². The van der Waals surface area contributed by atoms with E-state index in [0.29, 0.717) is 5.15 Å². The molecule has 0 amide bonds. The van der Waals surface area contributed by atoms with Crippen LogP contribution in [0.5, 0.6) is 5.75 Å². The predicted octanol–water partition coefficient (Wildman–Crippen LogP) is 4.07. The maximum Gasteiger partial charge on any atom is 0.129 e. The van der Waals surface area contributed by atoms with E-state index < -0.39 is 0 Å². The molecule has 0 saturated carbocycles. The molecular weight excluding hydrogens is 234 g/mol. The van der Waals surface area contributed by atoms with Gasteiger partial charge in [0.15, 0.2) is 0 Å². The van der Waals surface area contributed by atoms with E-state index in [1.807, 2.05) is 32.0 Å². The van der Waals surface area contributed by atoms with Crippen molar-refractivity contribution in [1.82, 2.24) is 4.98 Å². The molecule has 3 rings (SSSR count). The Morgan fingerprint density at radius 1 is 1.18 bits per heavy atom. The van der Waals surface area contributed by atoms with Crippen LogP contribution < -0.4 is 4.74 Å². The van der Waals surface area contributed by atoms with Gasteiger partial charge in [0.25, 0.3) is 0 Å². The zero-order chi connectivity index (χ0) is 12.0. The molecule has 0 unspecified atom stereocenters. The van der Waals surface area contributed by atoms with Crippen LogP contribution >= 0.6 is 11.6 Å². The van der Waals surface area contributed by atoms with Gasteiger partial charge in [-0.15, -0.1) is 0 Å². The fraction of sp³-hybridized carbons (Fsp3) is 0.214. The molecule has 0 atom stereocenters. The van der Waals surface area contributed by atoms with Crippen molar-refractivity contribution in [3.05, 3.63) is 41.1 Å². The molecule has 1 aromatic carbocycles. The van der Waals surface area contributed by atoms with Crippen molar-refractivity contribution in [3.63, 3.8) is 0 Å². The third kappa shape index (κ3) is 1.79. The molecule has 0 fully saturated rings. The second-order valence-electron chi connectivity index (χ2n) is 4.72. The number of rotatable bonds is 0. The Labute approximate surface area is 105 Å².